The minimum absolute atomic E-state index is 0.627. The number of hydrogen-bond donors (Lipinski definition) is 2. The fourth-order valence-electron chi connectivity index (χ4n) is 1.81. The van der Waals surface area contributed by atoms with Crippen molar-refractivity contribution in [2.45, 2.75) is 45.7 Å². The SMILES string of the molecule is CC(C)NCCC1NCCC1C. The molecule has 1 aliphatic heterocycles. The van der Waals surface area contributed by atoms with E-state index in [4.69, 9.17) is 0 Å². The van der Waals surface area contributed by atoms with Gasteiger partial charge in [0, 0.05) is 12.1 Å². The Morgan fingerprint density at radius 1 is 1.50 bits per heavy atom. The van der Waals surface area contributed by atoms with Gasteiger partial charge in [-0.15, -0.1) is 0 Å². The van der Waals surface area contributed by atoms with Crippen molar-refractivity contribution in [3.8, 4) is 0 Å². The van der Waals surface area contributed by atoms with E-state index in [1.165, 1.54) is 19.4 Å². The van der Waals surface area contributed by atoms with Crippen LogP contribution >= 0.6 is 0 Å². The van der Waals surface area contributed by atoms with Gasteiger partial charge >= 0.3 is 0 Å². The van der Waals surface area contributed by atoms with Crippen molar-refractivity contribution >= 4 is 0 Å². The molecule has 0 amide bonds. The molecular weight excluding hydrogens is 148 g/mol. The number of rotatable bonds is 4. The summed E-state index contributed by atoms with van der Waals surface area (Å²) in [5.41, 5.74) is 0. The molecule has 0 aliphatic carbocycles. The molecule has 1 fully saturated rings. The maximum atomic E-state index is 3.54. The maximum Gasteiger partial charge on any atom is 0.0105 e. The fourth-order valence-corrected chi connectivity index (χ4v) is 1.81. The molecule has 0 radical (unpaired) electrons. The van der Waals surface area contributed by atoms with Crippen LogP contribution in [0.15, 0.2) is 0 Å². The van der Waals surface area contributed by atoms with Gasteiger partial charge in [0.25, 0.3) is 0 Å². The fraction of sp³-hybridized carbons (Fsp3) is 1.00. The average molecular weight is 170 g/mol. The highest BCUT2D eigenvalue weighted by Gasteiger charge is 2.21. The van der Waals surface area contributed by atoms with Gasteiger partial charge in [0.1, 0.15) is 0 Å². The molecule has 2 nitrogen and oxygen atoms in total. The van der Waals surface area contributed by atoms with Crippen LogP contribution in [-0.2, 0) is 0 Å². The molecule has 0 aromatic heterocycles. The first-order chi connectivity index (χ1) is 5.70. The second-order valence-corrected chi connectivity index (χ2v) is 4.22. The van der Waals surface area contributed by atoms with Crippen molar-refractivity contribution in [3.05, 3.63) is 0 Å². The molecule has 2 N–H and O–H groups in total. The zero-order chi connectivity index (χ0) is 8.97. The summed E-state index contributed by atoms with van der Waals surface area (Å²) in [5, 5.41) is 6.99. The summed E-state index contributed by atoms with van der Waals surface area (Å²) in [7, 11) is 0. The van der Waals surface area contributed by atoms with Crippen molar-refractivity contribution in [1.29, 1.82) is 0 Å². The van der Waals surface area contributed by atoms with Crippen molar-refractivity contribution in [1.82, 2.24) is 10.6 Å². The van der Waals surface area contributed by atoms with Gasteiger partial charge < -0.3 is 10.6 Å². The van der Waals surface area contributed by atoms with Crippen LogP contribution in [0.3, 0.4) is 0 Å². The largest absolute Gasteiger partial charge is 0.314 e. The van der Waals surface area contributed by atoms with Crippen LogP contribution in [0.25, 0.3) is 0 Å². The lowest BCUT2D eigenvalue weighted by Gasteiger charge is -2.16. The van der Waals surface area contributed by atoms with Gasteiger partial charge in [-0.1, -0.05) is 20.8 Å². The molecule has 2 heteroatoms. The number of nitrogens with one attached hydrogen (secondary N) is 2. The topological polar surface area (TPSA) is 24.1 Å². The van der Waals surface area contributed by atoms with Crippen molar-refractivity contribution in [3.63, 3.8) is 0 Å². The van der Waals surface area contributed by atoms with Crippen LogP contribution in [0.1, 0.15) is 33.6 Å². The van der Waals surface area contributed by atoms with E-state index in [2.05, 4.69) is 31.4 Å². The highest BCUT2D eigenvalue weighted by Crippen LogP contribution is 2.16. The van der Waals surface area contributed by atoms with Crippen molar-refractivity contribution in [2.24, 2.45) is 5.92 Å². The molecule has 72 valence electrons. The lowest BCUT2D eigenvalue weighted by atomic mass is 10.0. The lowest BCUT2D eigenvalue weighted by molar-refractivity contribution is 0.429. The minimum atomic E-state index is 0.627. The summed E-state index contributed by atoms with van der Waals surface area (Å²) in [6.45, 7) is 9.12. The summed E-state index contributed by atoms with van der Waals surface area (Å²) in [5.74, 6) is 0.874. The van der Waals surface area contributed by atoms with E-state index in [0.29, 0.717) is 6.04 Å². The molecule has 0 spiro atoms. The van der Waals surface area contributed by atoms with Crippen LogP contribution in [0.5, 0.6) is 0 Å². The van der Waals surface area contributed by atoms with Crippen molar-refractivity contribution < 1.29 is 0 Å². The normalized spacial score (nSPS) is 30.0. The van der Waals surface area contributed by atoms with E-state index >= 15 is 0 Å². The van der Waals surface area contributed by atoms with Gasteiger partial charge in [0.2, 0.25) is 0 Å². The first-order valence-corrected chi connectivity index (χ1v) is 5.17. The lowest BCUT2D eigenvalue weighted by Crippen LogP contribution is -2.32. The third-order valence-corrected chi connectivity index (χ3v) is 2.70. The zero-order valence-electron chi connectivity index (χ0n) is 8.56. The van der Waals surface area contributed by atoms with Crippen LogP contribution in [0, 0.1) is 5.92 Å². The summed E-state index contributed by atoms with van der Waals surface area (Å²) >= 11 is 0. The zero-order valence-corrected chi connectivity index (χ0v) is 8.56. The minimum Gasteiger partial charge on any atom is -0.314 e. The first-order valence-electron chi connectivity index (χ1n) is 5.17. The molecule has 1 rings (SSSR count). The molecule has 2 unspecified atom stereocenters. The van der Waals surface area contributed by atoms with E-state index in [0.717, 1.165) is 18.5 Å². The highest BCUT2D eigenvalue weighted by molar-refractivity contribution is 4.81. The Balaban J connectivity index is 2.06. The molecule has 0 saturated carbocycles. The molecular formula is C10H22N2. The predicted molar refractivity (Wildman–Crippen MR) is 53.3 cm³/mol. The van der Waals surface area contributed by atoms with Gasteiger partial charge in [-0.3, -0.25) is 0 Å². The average Bonchev–Trinajstić information content (AvgIpc) is 2.36. The summed E-state index contributed by atoms with van der Waals surface area (Å²) in [6, 6.07) is 1.39. The Morgan fingerprint density at radius 2 is 2.25 bits per heavy atom. The summed E-state index contributed by atoms with van der Waals surface area (Å²) in [6.07, 6.45) is 2.63. The monoisotopic (exact) mass is 170 g/mol. The second kappa shape index (κ2) is 4.83. The van der Waals surface area contributed by atoms with E-state index in [-0.39, 0.29) is 0 Å². The van der Waals surface area contributed by atoms with Gasteiger partial charge in [-0.05, 0) is 31.8 Å². The first kappa shape index (κ1) is 10.0. The maximum absolute atomic E-state index is 3.54. The van der Waals surface area contributed by atoms with Gasteiger partial charge in [-0.25, -0.2) is 0 Å². The van der Waals surface area contributed by atoms with Crippen LogP contribution in [0.4, 0.5) is 0 Å². The third kappa shape index (κ3) is 3.11. The molecule has 0 bridgehead atoms. The molecule has 1 saturated heterocycles. The molecule has 0 aromatic carbocycles. The van der Waals surface area contributed by atoms with Gasteiger partial charge in [0.15, 0.2) is 0 Å². The Morgan fingerprint density at radius 3 is 2.75 bits per heavy atom. The molecule has 12 heavy (non-hydrogen) atoms. The Kier molecular flexibility index (Phi) is 4.02. The van der Waals surface area contributed by atoms with Crippen molar-refractivity contribution in [2.75, 3.05) is 13.1 Å². The van der Waals surface area contributed by atoms with E-state index < -0.39 is 0 Å². The predicted octanol–water partition coefficient (Wildman–Crippen LogP) is 1.37. The van der Waals surface area contributed by atoms with E-state index in [9.17, 15) is 0 Å². The van der Waals surface area contributed by atoms with Crippen LogP contribution in [-0.4, -0.2) is 25.2 Å². The summed E-state index contributed by atoms with van der Waals surface area (Å²) in [4.78, 5) is 0. The van der Waals surface area contributed by atoms with E-state index in [1.54, 1.807) is 0 Å². The Bertz CT molecular complexity index is 123. The molecule has 0 aromatic rings. The number of hydrogen-bond acceptors (Lipinski definition) is 2. The van der Waals surface area contributed by atoms with Gasteiger partial charge in [-0.2, -0.15) is 0 Å². The Hall–Kier alpha value is -0.0800. The highest BCUT2D eigenvalue weighted by atomic mass is 15.0. The molecule has 1 heterocycles. The summed E-state index contributed by atoms with van der Waals surface area (Å²) < 4.78 is 0. The van der Waals surface area contributed by atoms with Crippen LogP contribution in [0.2, 0.25) is 0 Å². The quantitative estimate of drug-likeness (QED) is 0.666. The third-order valence-electron chi connectivity index (χ3n) is 2.70. The molecule has 2 atom stereocenters. The van der Waals surface area contributed by atoms with E-state index in [1.807, 2.05) is 0 Å². The second-order valence-electron chi connectivity index (χ2n) is 4.22. The molecule has 1 aliphatic rings. The smallest absolute Gasteiger partial charge is 0.0105 e. The van der Waals surface area contributed by atoms with Crippen LogP contribution < -0.4 is 10.6 Å². The van der Waals surface area contributed by atoms with Gasteiger partial charge in [0.05, 0.1) is 0 Å². The standard InChI is InChI=1S/C10H22N2/c1-8(2)11-7-5-10-9(3)4-6-12-10/h8-12H,4-7H2,1-3H3. The Labute approximate surface area is 76.1 Å².